The maximum absolute atomic E-state index is 12.9. The Hall–Kier alpha value is -2.96. The molecular weight excluding hydrogens is 309 g/mol. The molecule has 0 spiro atoms. The molecule has 0 aromatic heterocycles. The Morgan fingerprint density at radius 3 is 2.13 bits per heavy atom. The van der Waals surface area contributed by atoms with E-state index in [1.54, 1.807) is 6.07 Å². The van der Waals surface area contributed by atoms with Crippen molar-refractivity contribution in [3.8, 4) is 0 Å². The number of ketones is 1. The summed E-state index contributed by atoms with van der Waals surface area (Å²) in [5.74, 6) is -2.73. The summed E-state index contributed by atoms with van der Waals surface area (Å²) in [6.45, 7) is 0. The Morgan fingerprint density at radius 2 is 1.57 bits per heavy atom. The van der Waals surface area contributed by atoms with Crippen molar-refractivity contribution in [1.82, 2.24) is 0 Å². The standard InChI is InChI=1S/C16H11F3N2O2/c17-16(18,19)15(23)21(12-6-2-1-3-7-12)13-8-4-5-11(9-13)14(22)10-20/h1-10,20H. The minimum absolute atomic E-state index is 0.0217. The molecule has 1 amide bonds. The Kier molecular flexibility index (Phi) is 4.59. The van der Waals surface area contributed by atoms with E-state index in [1.165, 1.54) is 42.5 Å². The lowest BCUT2D eigenvalue weighted by molar-refractivity contribution is -0.169. The number of hydrogen-bond acceptors (Lipinski definition) is 3. The average molecular weight is 320 g/mol. The zero-order valence-corrected chi connectivity index (χ0v) is 11.7. The Labute approximate surface area is 129 Å². The number of rotatable bonds is 4. The van der Waals surface area contributed by atoms with Gasteiger partial charge in [0.2, 0.25) is 5.78 Å². The van der Waals surface area contributed by atoms with Crippen molar-refractivity contribution in [3.63, 3.8) is 0 Å². The Bertz CT molecular complexity index is 742. The van der Waals surface area contributed by atoms with Crippen LogP contribution in [0.3, 0.4) is 0 Å². The molecule has 1 N–H and O–H groups in total. The molecule has 0 saturated heterocycles. The van der Waals surface area contributed by atoms with Gasteiger partial charge in [-0.25, -0.2) is 0 Å². The molecule has 0 saturated carbocycles. The number of Topliss-reactive ketones (excluding diaryl/α,β-unsaturated/α-hetero) is 1. The molecule has 0 heterocycles. The van der Waals surface area contributed by atoms with Gasteiger partial charge in [0.05, 0.1) is 6.21 Å². The van der Waals surface area contributed by atoms with Crippen molar-refractivity contribution in [2.75, 3.05) is 4.90 Å². The third kappa shape index (κ3) is 3.63. The Morgan fingerprint density at radius 1 is 0.957 bits per heavy atom. The van der Waals surface area contributed by atoms with Gasteiger partial charge in [-0.2, -0.15) is 13.2 Å². The molecule has 2 aromatic rings. The van der Waals surface area contributed by atoms with E-state index in [-0.39, 0.29) is 16.9 Å². The summed E-state index contributed by atoms with van der Waals surface area (Å²) < 4.78 is 38.7. The van der Waals surface area contributed by atoms with Gasteiger partial charge >= 0.3 is 12.1 Å². The van der Waals surface area contributed by atoms with Crippen LogP contribution in [-0.4, -0.2) is 24.1 Å². The molecule has 0 aliphatic carbocycles. The lowest BCUT2D eigenvalue weighted by Crippen LogP contribution is -2.38. The number of amides is 1. The molecule has 0 aliphatic heterocycles. The summed E-state index contributed by atoms with van der Waals surface area (Å²) in [6.07, 6.45) is -4.52. The summed E-state index contributed by atoms with van der Waals surface area (Å²) in [5, 5.41) is 6.94. The number of nitrogens with zero attached hydrogens (tertiary/aromatic N) is 1. The van der Waals surface area contributed by atoms with Crippen LogP contribution in [0.2, 0.25) is 0 Å². The highest BCUT2D eigenvalue weighted by atomic mass is 19.4. The lowest BCUT2D eigenvalue weighted by Gasteiger charge is -2.24. The van der Waals surface area contributed by atoms with Crippen LogP contribution in [0.5, 0.6) is 0 Å². The van der Waals surface area contributed by atoms with E-state index in [0.717, 1.165) is 6.07 Å². The first-order chi connectivity index (χ1) is 10.8. The van der Waals surface area contributed by atoms with Crippen molar-refractivity contribution >= 4 is 29.3 Å². The topological polar surface area (TPSA) is 61.2 Å². The first kappa shape index (κ1) is 16.4. The number of anilines is 2. The molecule has 0 aliphatic rings. The van der Waals surface area contributed by atoms with Gasteiger partial charge in [0.1, 0.15) is 0 Å². The molecule has 4 nitrogen and oxygen atoms in total. The van der Waals surface area contributed by atoms with E-state index in [9.17, 15) is 22.8 Å². The zero-order chi connectivity index (χ0) is 17.0. The number of carbonyl (C=O) groups is 2. The summed E-state index contributed by atoms with van der Waals surface area (Å²) in [5.41, 5.74) is -0.0612. The van der Waals surface area contributed by atoms with Crippen LogP contribution in [0.25, 0.3) is 0 Å². The fourth-order valence-electron chi connectivity index (χ4n) is 1.97. The van der Waals surface area contributed by atoms with E-state index in [1.807, 2.05) is 0 Å². The number of nitrogens with one attached hydrogen (secondary N) is 1. The number of benzene rings is 2. The Balaban J connectivity index is 2.57. The van der Waals surface area contributed by atoms with E-state index >= 15 is 0 Å². The van der Waals surface area contributed by atoms with Crippen LogP contribution >= 0.6 is 0 Å². The van der Waals surface area contributed by atoms with Gasteiger partial charge in [0.25, 0.3) is 0 Å². The molecule has 0 radical (unpaired) electrons. The number of alkyl halides is 3. The van der Waals surface area contributed by atoms with Crippen LogP contribution in [0.1, 0.15) is 10.4 Å². The minimum atomic E-state index is -5.07. The van der Waals surface area contributed by atoms with Gasteiger partial charge in [0, 0.05) is 16.9 Å². The first-order valence-electron chi connectivity index (χ1n) is 6.46. The molecule has 0 fully saturated rings. The smallest absolute Gasteiger partial charge is 0.305 e. The highest BCUT2D eigenvalue weighted by molar-refractivity contribution is 6.34. The van der Waals surface area contributed by atoms with Crippen molar-refractivity contribution in [1.29, 1.82) is 5.41 Å². The summed E-state index contributed by atoms with van der Waals surface area (Å²) >= 11 is 0. The number of para-hydroxylation sites is 1. The third-order valence-electron chi connectivity index (χ3n) is 2.98. The average Bonchev–Trinajstić information content (AvgIpc) is 2.54. The van der Waals surface area contributed by atoms with E-state index in [4.69, 9.17) is 5.41 Å². The molecule has 0 bridgehead atoms. The highest BCUT2D eigenvalue weighted by Crippen LogP contribution is 2.31. The molecule has 2 aromatic carbocycles. The molecule has 0 unspecified atom stereocenters. The fourth-order valence-corrected chi connectivity index (χ4v) is 1.97. The van der Waals surface area contributed by atoms with Crippen LogP contribution in [0, 0.1) is 5.41 Å². The normalized spacial score (nSPS) is 10.9. The van der Waals surface area contributed by atoms with Gasteiger partial charge in [-0.05, 0) is 24.3 Å². The largest absolute Gasteiger partial charge is 0.472 e. The highest BCUT2D eigenvalue weighted by Gasteiger charge is 2.43. The number of halogens is 3. The lowest BCUT2D eigenvalue weighted by atomic mass is 10.1. The van der Waals surface area contributed by atoms with E-state index in [0.29, 0.717) is 11.1 Å². The van der Waals surface area contributed by atoms with Crippen molar-refractivity contribution in [2.24, 2.45) is 0 Å². The third-order valence-corrected chi connectivity index (χ3v) is 2.98. The fraction of sp³-hybridized carbons (Fsp3) is 0.0625. The maximum atomic E-state index is 12.9. The predicted molar refractivity (Wildman–Crippen MR) is 79.2 cm³/mol. The van der Waals surface area contributed by atoms with E-state index in [2.05, 4.69) is 0 Å². The second-order valence-electron chi connectivity index (χ2n) is 4.53. The van der Waals surface area contributed by atoms with Crippen molar-refractivity contribution < 1.29 is 22.8 Å². The molecule has 118 valence electrons. The summed E-state index contributed by atoms with van der Waals surface area (Å²) in [4.78, 5) is 23.8. The van der Waals surface area contributed by atoms with Crippen LogP contribution in [-0.2, 0) is 4.79 Å². The van der Waals surface area contributed by atoms with Gasteiger partial charge in [-0.1, -0.05) is 30.3 Å². The van der Waals surface area contributed by atoms with Gasteiger partial charge < -0.3 is 5.41 Å². The number of carbonyl (C=O) groups excluding carboxylic acids is 2. The maximum Gasteiger partial charge on any atom is 0.472 e. The van der Waals surface area contributed by atoms with Crippen LogP contribution < -0.4 is 4.90 Å². The second kappa shape index (κ2) is 6.43. The molecule has 2 rings (SSSR count). The quantitative estimate of drug-likeness (QED) is 0.689. The van der Waals surface area contributed by atoms with Crippen LogP contribution in [0.4, 0.5) is 24.5 Å². The van der Waals surface area contributed by atoms with Gasteiger partial charge in [0.15, 0.2) is 0 Å². The second-order valence-corrected chi connectivity index (χ2v) is 4.53. The SMILES string of the molecule is N=CC(=O)c1cccc(N(C(=O)C(F)(F)F)c2ccccc2)c1. The zero-order valence-electron chi connectivity index (χ0n) is 11.7. The minimum Gasteiger partial charge on any atom is -0.305 e. The number of hydrogen-bond donors (Lipinski definition) is 1. The van der Waals surface area contributed by atoms with Crippen LogP contribution in [0.15, 0.2) is 54.6 Å². The molecular formula is C16H11F3N2O2. The summed E-state index contributed by atoms with van der Waals surface area (Å²) in [7, 11) is 0. The van der Waals surface area contributed by atoms with E-state index < -0.39 is 17.9 Å². The van der Waals surface area contributed by atoms with Gasteiger partial charge in [-0.15, -0.1) is 0 Å². The first-order valence-corrected chi connectivity index (χ1v) is 6.46. The predicted octanol–water partition coefficient (Wildman–Crippen LogP) is 3.75. The van der Waals surface area contributed by atoms with Gasteiger partial charge in [-0.3, -0.25) is 14.5 Å². The molecule has 23 heavy (non-hydrogen) atoms. The van der Waals surface area contributed by atoms with Crippen molar-refractivity contribution in [2.45, 2.75) is 6.18 Å². The molecule has 7 heteroatoms. The monoisotopic (exact) mass is 320 g/mol. The van der Waals surface area contributed by atoms with Crippen molar-refractivity contribution in [3.05, 3.63) is 60.2 Å². The summed E-state index contributed by atoms with van der Waals surface area (Å²) in [6, 6.07) is 12.5. The molecule has 0 atom stereocenters.